The zero-order valence-corrected chi connectivity index (χ0v) is 13.8. The molecule has 0 saturated heterocycles. The Kier molecular flexibility index (Phi) is 5.21. The van der Waals surface area contributed by atoms with Crippen LogP contribution in [0.2, 0.25) is 5.02 Å². The quantitative estimate of drug-likeness (QED) is 0.674. The minimum atomic E-state index is -0.311. The van der Waals surface area contributed by atoms with Gasteiger partial charge in [-0.2, -0.15) is 10.2 Å². The van der Waals surface area contributed by atoms with Crippen LogP contribution in [0, 0.1) is 17.1 Å². The van der Waals surface area contributed by atoms with E-state index in [0.29, 0.717) is 46.6 Å². The smallest absolute Gasteiger partial charge is 0.227 e. The summed E-state index contributed by atoms with van der Waals surface area (Å²) in [5.74, 6) is 1.14. The standard InChI is InChI=1S/C17H13ClFN5O/c18-14-8-11(9-20)10-22-17(14)21-7-1-2-15-23-16(24-25-15)12-3-5-13(19)6-4-12/h3-6,8,10H,1-2,7H2,(H,21,22). The number of rotatable bonds is 6. The molecule has 0 unspecified atom stereocenters. The number of halogens is 2. The van der Waals surface area contributed by atoms with Gasteiger partial charge in [0, 0.05) is 24.7 Å². The zero-order chi connectivity index (χ0) is 17.6. The zero-order valence-electron chi connectivity index (χ0n) is 13.0. The fourth-order valence-electron chi connectivity index (χ4n) is 2.15. The number of nitrogens with one attached hydrogen (secondary N) is 1. The molecule has 25 heavy (non-hydrogen) atoms. The van der Waals surface area contributed by atoms with E-state index in [2.05, 4.69) is 20.4 Å². The Bertz CT molecular complexity index is 904. The number of aryl methyl sites for hydroxylation is 1. The van der Waals surface area contributed by atoms with Crippen LogP contribution in [-0.4, -0.2) is 21.7 Å². The summed E-state index contributed by atoms with van der Waals surface area (Å²) in [4.78, 5) is 8.39. The highest BCUT2D eigenvalue weighted by molar-refractivity contribution is 6.33. The van der Waals surface area contributed by atoms with E-state index in [9.17, 15) is 4.39 Å². The van der Waals surface area contributed by atoms with Crippen LogP contribution >= 0.6 is 11.6 Å². The number of nitrogens with zero attached hydrogens (tertiary/aromatic N) is 4. The number of benzene rings is 1. The lowest BCUT2D eigenvalue weighted by atomic mass is 10.2. The van der Waals surface area contributed by atoms with E-state index in [1.165, 1.54) is 18.3 Å². The molecule has 0 fully saturated rings. The molecule has 1 N–H and O–H groups in total. The maximum absolute atomic E-state index is 12.9. The van der Waals surface area contributed by atoms with Crippen LogP contribution in [0.3, 0.4) is 0 Å². The number of aromatic nitrogens is 3. The van der Waals surface area contributed by atoms with E-state index in [-0.39, 0.29) is 5.82 Å². The van der Waals surface area contributed by atoms with Gasteiger partial charge in [0.1, 0.15) is 17.7 Å². The first kappa shape index (κ1) is 16.9. The van der Waals surface area contributed by atoms with Crippen LogP contribution in [0.5, 0.6) is 0 Å². The van der Waals surface area contributed by atoms with Crippen molar-refractivity contribution in [3.63, 3.8) is 0 Å². The van der Waals surface area contributed by atoms with Crippen LogP contribution in [0.4, 0.5) is 10.2 Å². The monoisotopic (exact) mass is 357 g/mol. The predicted molar refractivity (Wildman–Crippen MR) is 90.5 cm³/mol. The van der Waals surface area contributed by atoms with E-state index < -0.39 is 0 Å². The number of anilines is 1. The number of pyridine rings is 1. The number of hydrogen-bond donors (Lipinski definition) is 1. The lowest BCUT2D eigenvalue weighted by molar-refractivity contribution is 0.377. The predicted octanol–water partition coefficient (Wildman–Crippen LogP) is 3.84. The maximum atomic E-state index is 12.9. The third-order valence-electron chi connectivity index (χ3n) is 3.40. The van der Waals surface area contributed by atoms with Gasteiger partial charge in [0.05, 0.1) is 10.6 Å². The summed E-state index contributed by atoms with van der Waals surface area (Å²) in [6, 6.07) is 9.44. The second kappa shape index (κ2) is 7.73. The molecule has 2 aromatic heterocycles. The highest BCUT2D eigenvalue weighted by Gasteiger charge is 2.09. The highest BCUT2D eigenvalue weighted by atomic mass is 35.5. The fraction of sp³-hybridized carbons (Fsp3) is 0.176. The third kappa shape index (κ3) is 4.31. The van der Waals surface area contributed by atoms with Crippen molar-refractivity contribution in [2.45, 2.75) is 12.8 Å². The van der Waals surface area contributed by atoms with Crippen molar-refractivity contribution >= 4 is 17.4 Å². The molecule has 0 saturated carbocycles. The van der Waals surface area contributed by atoms with Gasteiger partial charge in [0.15, 0.2) is 0 Å². The molecule has 3 rings (SSSR count). The molecule has 6 nitrogen and oxygen atoms in total. The van der Waals surface area contributed by atoms with E-state index in [1.54, 1.807) is 18.2 Å². The van der Waals surface area contributed by atoms with Gasteiger partial charge in [-0.25, -0.2) is 9.37 Å². The Morgan fingerprint density at radius 3 is 2.80 bits per heavy atom. The second-order valence-electron chi connectivity index (χ2n) is 5.22. The van der Waals surface area contributed by atoms with Crippen molar-refractivity contribution in [3.05, 3.63) is 58.8 Å². The number of nitriles is 1. The second-order valence-corrected chi connectivity index (χ2v) is 5.62. The van der Waals surface area contributed by atoms with Gasteiger partial charge >= 0.3 is 0 Å². The summed E-state index contributed by atoms with van der Waals surface area (Å²) in [5.41, 5.74) is 1.11. The highest BCUT2D eigenvalue weighted by Crippen LogP contribution is 2.20. The largest absolute Gasteiger partial charge is 0.369 e. The van der Waals surface area contributed by atoms with Crippen molar-refractivity contribution < 1.29 is 8.91 Å². The Labute approximate surface area is 148 Å². The molecular weight excluding hydrogens is 345 g/mol. The molecule has 0 radical (unpaired) electrons. The lowest BCUT2D eigenvalue weighted by Gasteiger charge is -2.06. The maximum Gasteiger partial charge on any atom is 0.227 e. The average Bonchev–Trinajstić information content (AvgIpc) is 3.09. The summed E-state index contributed by atoms with van der Waals surface area (Å²) in [5, 5.41) is 16.2. The molecule has 2 heterocycles. The molecular formula is C17H13ClFN5O. The van der Waals surface area contributed by atoms with Crippen molar-refractivity contribution in [1.29, 1.82) is 5.26 Å². The molecule has 1 aromatic carbocycles. The van der Waals surface area contributed by atoms with Gasteiger partial charge in [-0.05, 0) is 36.8 Å². The minimum Gasteiger partial charge on any atom is -0.369 e. The first-order valence-corrected chi connectivity index (χ1v) is 7.91. The molecule has 126 valence electrons. The van der Waals surface area contributed by atoms with Crippen LogP contribution in [-0.2, 0) is 6.42 Å². The van der Waals surface area contributed by atoms with Crippen LogP contribution in [0.1, 0.15) is 17.9 Å². The van der Waals surface area contributed by atoms with E-state index >= 15 is 0 Å². The Hall–Kier alpha value is -2.98. The molecule has 0 atom stereocenters. The van der Waals surface area contributed by atoms with E-state index in [4.69, 9.17) is 21.4 Å². The van der Waals surface area contributed by atoms with E-state index in [0.717, 1.165) is 6.42 Å². The molecule has 0 spiro atoms. The summed E-state index contributed by atoms with van der Waals surface area (Å²) in [6.45, 7) is 0.604. The summed E-state index contributed by atoms with van der Waals surface area (Å²) in [6.07, 6.45) is 2.76. The van der Waals surface area contributed by atoms with Crippen LogP contribution < -0.4 is 5.32 Å². The molecule has 0 amide bonds. The Morgan fingerprint density at radius 1 is 1.28 bits per heavy atom. The Morgan fingerprint density at radius 2 is 2.08 bits per heavy atom. The summed E-state index contributed by atoms with van der Waals surface area (Å²) < 4.78 is 18.1. The van der Waals surface area contributed by atoms with Gasteiger partial charge in [0.2, 0.25) is 11.7 Å². The van der Waals surface area contributed by atoms with Crippen LogP contribution in [0.25, 0.3) is 11.4 Å². The molecule has 8 heteroatoms. The fourth-order valence-corrected chi connectivity index (χ4v) is 2.38. The van der Waals surface area contributed by atoms with Crippen molar-refractivity contribution in [3.8, 4) is 17.5 Å². The Balaban J connectivity index is 1.51. The van der Waals surface area contributed by atoms with Crippen molar-refractivity contribution in [2.24, 2.45) is 0 Å². The van der Waals surface area contributed by atoms with E-state index in [1.807, 2.05) is 6.07 Å². The molecule has 0 bridgehead atoms. The summed E-state index contributed by atoms with van der Waals surface area (Å²) >= 11 is 6.04. The number of hydrogen-bond acceptors (Lipinski definition) is 6. The van der Waals surface area contributed by atoms with Crippen molar-refractivity contribution in [1.82, 2.24) is 15.1 Å². The minimum absolute atomic E-state index is 0.311. The van der Waals surface area contributed by atoms with Gasteiger partial charge in [-0.1, -0.05) is 16.8 Å². The molecule has 0 aliphatic rings. The van der Waals surface area contributed by atoms with Gasteiger partial charge < -0.3 is 9.84 Å². The first-order valence-electron chi connectivity index (χ1n) is 7.54. The van der Waals surface area contributed by atoms with Crippen molar-refractivity contribution in [2.75, 3.05) is 11.9 Å². The summed E-state index contributed by atoms with van der Waals surface area (Å²) in [7, 11) is 0. The topological polar surface area (TPSA) is 87.6 Å². The SMILES string of the molecule is N#Cc1cnc(NCCCc2nc(-c3ccc(F)cc3)no2)c(Cl)c1. The average molecular weight is 358 g/mol. The van der Waals surface area contributed by atoms with Crippen LogP contribution in [0.15, 0.2) is 41.1 Å². The molecule has 3 aromatic rings. The van der Waals surface area contributed by atoms with Gasteiger partial charge in [0.25, 0.3) is 0 Å². The first-order chi connectivity index (χ1) is 12.2. The lowest BCUT2D eigenvalue weighted by Crippen LogP contribution is -2.05. The molecule has 0 aliphatic carbocycles. The van der Waals surface area contributed by atoms with Gasteiger partial charge in [-0.15, -0.1) is 0 Å². The van der Waals surface area contributed by atoms with Gasteiger partial charge in [-0.3, -0.25) is 0 Å². The third-order valence-corrected chi connectivity index (χ3v) is 3.69. The normalized spacial score (nSPS) is 10.4. The molecule has 0 aliphatic heterocycles.